The number of carbonyl (C=O) groups excluding carboxylic acids is 1. The highest BCUT2D eigenvalue weighted by atomic mass is 35.5. The Morgan fingerprint density at radius 1 is 1.46 bits per heavy atom. The van der Waals surface area contributed by atoms with Crippen molar-refractivity contribution in [2.45, 2.75) is 18.1 Å². The smallest absolute Gasteiger partial charge is 0.305 e. The SMILES string of the molecule is COc1ccc(C=NN=C2NC(=O)C(CC(=O)O)S2)cc1OCCCCl. The summed E-state index contributed by atoms with van der Waals surface area (Å²) in [4.78, 5) is 22.3. The molecular formula is C16H18ClN3O5S. The van der Waals surface area contributed by atoms with Gasteiger partial charge in [-0.15, -0.1) is 16.7 Å². The number of amidine groups is 1. The van der Waals surface area contributed by atoms with Crippen LogP contribution in [-0.4, -0.2) is 53.2 Å². The molecule has 1 fully saturated rings. The summed E-state index contributed by atoms with van der Waals surface area (Å²) in [6, 6.07) is 5.29. The summed E-state index contributed by atoms with van der Waals surface area (Å²) in [7, 11) is 1.55. The molecule has 0 aliphatic carbocycles. The Morgan fingerprint density at radius 3 is 2.96 bits per heavy atom. The van der Waals surface area contributed by atoms with Crippen LogP contribution in [0.15, 0.2) is 28.4 Å². The van der Waals surface area contributed by atoms with E-state index >= 15 is 0 Å². The third kappa shape index (κ3) is 5.92. The predicted molar refractivity (Wildman–Crippen MR) is 101 cm³/mol. The number of carboxylic acid groups (broad SMARTS) is 1. The van der Waals surface area contributed by atoms with Gasteiger partial charge in [0, 0.05) is 5.88 Å². The Bertz CT molecular complexity index is 726. The Hall–Kier alpha value is -2.26. The molecule has 0 radical (unpaired) electrons. The van der Waals surface area contributed by atoms with Crippen molar-refractivity contribution in [3.8, 4) is 11.5 Å². The highest BCUT2D eigenvalue weighted by Gasteiger charge is 2.32. The Balaban J connectivity index is 2.02. The predicted octanol–water partition coefficient (Wildman–Crippen LogP) is 2.10. The van der Waals surface area contributed by atoms with Crippen molar-refractivity contribution in [2.24, 2.45) is 10.2 Å². The highest BCUT2D eigenvalue weighted by molar-refractivity contribution is 8.15. The van der Waals surface area contributed by atoms with E-state index in [1.165, 1.54) is 6.21 Å². The van der Waals surface area contributed by atoms with Gasteiger partial charge in [-0.05, 0) is 30.2 Å². The molecule has 140 valence electrons. The van der Waals surface area contributed by atoms with Crippen LogP contribution in [0.5, 0.6) is 11.5 Å². The second-order valence-corrected chi connectivity index (χ2v) is 6.71. The first-order chi connectivity index (χ1) is 12.5. The van der Waals surface area contributed by atoms with Crippen molar-refractivity contribution in [1.29, 1.82) is 0 Å². The van der Waals surface area contributed by atoms with Crippen LogP contribution in [0, 0.1) is 0 Å². The number of aliphatic carboxylic acids is 1. The molecule has 1 heterocycles. The van der Waals surface area contributed by atoms with Gasteiger partial charge in [0.05, 0.1) is 26.4 Å². The minimum absolute atomic E-state index is 0.263. The lowest BCUT2D eigenvalue weighted by molar-refractivity contribution is -0.138. The van der Waals surface area contributed by atoms with E-state index in [-0.39, 0.29) is 17.5 Å². The number of carbonyl (C=O) groups is 2. The Labute approximate surface area is 159 Å². The van der Waals surface area contributed by atoms with Gasteiger partial charge < -0.3 is 19.9 Å². The van der Waals surface area contributed by atoms with Crippen LogP contribution in [0.25, 0.3) is 0 Å². The first-order valence-corrected chi connectivity index (χ1v) is 9.12. The number of carboxylic acids is 1. The summed E-state index contributed by atoms with van der Waals surface area (Å²) in [5.41, 5.74) is 0.729. The number of hydrogen-bond donors (Lipinski definition) is 2. The molecule has 1 amide bonds. The van der Waals surface area contributed by atoms with E-state index in [1.54, 1.807) is 25.3 Å². The van der Waals surface area contributed by atoms with Crippen LogP contribution in [0.4, 0.5) is 0 Å². The molecule has 1 aliphatic rings. The van der Waals surface area contributed by atoms with Crippen molar-refractivity contribution < 1.29 is 24.2 Å². The fraction of sp³-hybridized carbons (Fsp3) is 0.375. The third-order valence-corrected chi connectivity index (χ3v) is 4.55. The molecule has 1 aromatic carbocycles. The molecule has 2 N–H and O–H groups in total. The van der Waals surface area contributed by atoms with E-state index in [0.717, 1.165) is 17.3 Å². The second kappa shape index (κ2) is 10.0. The molecule has 2 rings (SSSR count). The number of nitrogens with one attached hydrogen (secondary N) is 1. The van der Waals surface area contributed by atoms with Crippen molar-refractivity contribution in [1.82, 2.24) is 5.32 Å². The van der Waals surface area contributed by atoms with Crippen LogP contribution in [-0.2, 0) is 9.59 Å². The first-order valence-electron chi connectivity index (χ1n) is 7.70. The summed E-state index contributed by atoms with van der Waals surface area (Å²) < 4.78 is 10.9. The van der Waals surface area contributed by atoms with E-state index in [0.29, 0.717) is 30.4 Å². The zero-order chi connectivity index (χ0) is 18.9. The van der Waals surface area contributed by atoms with Crippen LogP contribution in [0.1, 0.15) is 18.4 Å². The lowest BCUT2D eigenvalue weighted by atomic mass is 10.2. The Kier molecular flexibility index (Phi) is 7.73. The average molecular weight is 400 g/mol. The molecule has 1 saturated heterocycles. The van der Waals surface area contributed by atoms with Gasteiger partial charge in [0.15, 0.2) is 16.7 Å². The van der Waals surface area contributed by atoms with E-state index < -0.39 is 11.2 Å². The lowest BCUT2D eigenvalue weighted by Crippen LogP contribution is -2.26. The maximum absolute atomic E-state index is 11.6. The molecule has 0 aromatic heterocycles. The number of thioether (sulfide) groups is 1. The Morgan fingerprint density at radius 2 is 2.27 bits per heavy atom. The van der Waals surface area contributed by atoms with Gasteiger partial charge in [0.25, 0.3) is 0 Å². The molecule has 1 unspecified atom stereocenters. The molecule has 1 aliphatic heterocycles. The quantitative estimate of drug-likeness (QED) is 0.285. The monoisotopic (exact) mass is 399 g/mol. The van der Waals surface area contributed by atoms with Gasteiger partial charge in [-0.2, -0.15) is 5.10 Å². The third-order valence-electron chi connectivity index (χ3n) is 3.22. The van der Waals surface area contributed by atoms with Crippen molar-refractivity contribution >= 4 is 46.6 Å². The van der Waals surface area contributed by atoms with Crippen LogP contribution in [0.2, 0.25) is 0 Å². The summed E-state index contributed by atoms with van der Waals surface area (Å²) in [6.45, 7) is 0.469. The average Bonchev–Trinajstić information content (AvgIpc) is 2.94. The van der Waals surface area contributed by atoms with E-state index in [4.69, 9.17) is 26.2 Å². The number of alkyl halides is 1. The summed E-state index contributed by atoms with van der Waals surface area (Å²) >= 11 is 6.68. The van der Waals surface area contributed by atoms with Crippen molar-refractivity contribution in [2.75, 3.05) is 19.6 Å². The number of hydrogen-bond acceptors (Lipinski definition) is 7. The normalized spacial score (nSPS) is 18.3. The largest absolute Gasteiger partial charge is 0.493 e. The molecule has 1 atom stereocenters. The van der Waals surface area contributed by atoms with Gasteiger partial charge >= 0.3 is 5.97 Å². The molecule has 26 heavy (non-hydrogen) atoms. The molecule has 0 spiro atoms. The first kappa shape index (κ1) is 20.1. The molecule has 10 heteroatoms. The fourth-order valence-corrected chi connectivity index (χ4v) is 3.04. The number of halogens is 1. The van der Waals surface area contributed by atoms with Gasteiger partial charge in [0.1, 0.15) is 5.25 Å². The molecular weight excluding hydrogens is 382 g/mol. The van der Waals surface area contributed by atoms with Crippen LogP contribution < -0.4 is 14.8 Å². The fourth-order valence-electron chi connectivity index (χ4n) is 2.02. The van der Waals surface area contributed by atoms with Crippen LogP contribution in [0.3, 0.4) is 0 Å². The molecule has 1 aromatic rings. The zero-order valence-corrected chi connectivity index (χ0v) is 15.5. The summed E-state index contributed by atoms with van der Waals surface area (Å²) in [6.07, 6.45) is 1.95. The van der Waals surface area contributed by atoms with Crippen molar-refractivity contribution in [3.05, 3.63) is 23.8 Å². The standard InChI is InChI=1S/C16H18ClN3O5S/c1-24-11-4-3-10(7-12(11)25-6-2-5-17)9-18-20-16-19-15(23)13(26-16)8-14(21)22/h3-4,7,9,13H,2,5-6,8H2,1H3,(H,21,22)(H,19,20,23). The number of rotatable bonds is 9. The van der Waals surface area contributed by atoms with Gasteiger partial charge in [-0.25, -0.2) is 0 Å². The van der Waals surface area contributed by atoms with Gasteiger partial charge in [0.2, 0.25) is 5.91 Å². The number of benzene rings is 1. The van der Waals surface area contributed by atoms with Gasteiger partial charge in [-0.3, -0.25) is 9.59 Å². The lowest BCUT2D eigenvalue weighted by Gasteiger charge is -2.10. The topological polar surface area (TPSA) is 110 Å². The minimum atomic E-state index is -1.04. The maximum Gasteiger partial charge on any atom is 0.305 e. The number of ether oxygens (including phenoxy) is 2. The summed E-state index contributed by atoms with van der Waals surface area (Å²) in [5, 5.41) is 18.7. The van der Waals surface area contributed by atoms with Gasteiger partial charge in [-0.1, -0.05) is 11.8 Å². The van der Waals surface area contributed by atoms with E-state index in [1.807, 2.05) is 0 Å². The molecule has 0 saturated carbocycles. The number of methoxy groups -OCH3 is 1. The summed E-state index contributed by atoms with van der Waals surface area (Å²) in [5.74, 6) is 0.248. The molecule has 0 bridgehead atoms. The minimum Gasteiger partial charge on any atom is -0.493 e. The van der Waals surface area contributed by atoms with Crippen molar-refractivity contribution in [3.63, 3.8) is 0 Å². The number of amides is 1. The number of nitrogens with zero attached hydrogens (tertiary/aromatic N) is 2. The van der Waals surface area contributed by atoms with Crippen LogP contribution >= 0.6 is 23.4 Å². The second-order valence-electron chi connectivity index (χ2n) is 5.14. The highest BCUT2D eigenvalue weighted by Crippen LogP contribution is 2.28. The maximum atomic E-state index is 11.6. The van der Waals surface area contributed by atoms with E-state index in [9.17, 15) is 9.59 Å². The molecule has 8 nitrogen and oxygen atoms in total. The van der Waals surface area contributed by atoms with E-state index in [2.05, 4.69) is 15.5 Å². The zero-order valence-electron chi connectivity index (χ0n) is 14.0.